The summed E-state index contributed by atoms with van der Waals surface area (Å²) < 4.78 is 19.5. The van der Waals surface area contributed by atoms with Crippen molar-refractivity contribution in [3.05, 3.63) is 75.7 Å². The molecule has 1 N–H and O–H groups in total. The molecule has 1 amide bonds. The van der Waals surface area contributed by atoms with E-state index in [-0.39, 0.29) is 24.2 Å². The topological polar surface area (TPSA) is 49.8 Å². The summed E-state index contributed by atoms with van der Waals surface area (Å²) in [5.74, 6) is 0.277. The number of carbonyl (C=O) groups excluding carboxylic acids is 1. The highest BCUT2D eigenvalue weighted by Gasteiger charge is 2.29. The summed E-state index contributed by atoms with van der Waals surface area (Å²) in [6, 6.07) is 9.47. The number of amides is 1. The van der Waals surface area contributed by atoms with Gasteiger partial charge in [-0.3, -0.25) is 4.79 Å². The van der Waals surface area contributed by atoms with Crippen LogP contribution in [0.3, 0.4) is 0 Å². The molecule has 0 aromatic heterocycles. The summed E-state index contributed by atoms with van der Waals surface area (Å²) >= 11 is 3.51. The second-order valence-electron chi connectivity index (χ2n) is 6.60. The Labute approximate surface area is 166 Å². The average Bonchev–Trinajstić information content (AvgIpc) is 2.64. The summed E-state index contributed by atoms with van der Waals surface area (Å²) in [4.78, 5) is 14.6. The molecule has 27 heavy (non-hydrogen) atoms. The van der Waals surface area contributed by atoms with E-state index in [9.17, 15) is 14.3 Å². The van der Waals surface area contributed by atoms with Gasteiger partial charge in [-0.15, -0.1) is 0 Å². The van der Waals surface area contributed by atoms with Gasteiger partial charge in [-0.2, -0.15) is 0 Å². The molecule has 1 aliphatic rings. The number of nitrogens with zero attached hydrogens (tertiary/aromatic N) is 1. The van der Waals surface area contributed by atoms with Crippen LogP contribution in [0.15, 0.2) is 53.1 Å². The van der Waals surface area contributed by atoms with Crippen molar-refractivity contribution >= 4 is 21.8 Å². The minimum absolute atomic E-state index is 0.112. The van der Waals surface area contributed by atoms with Crippen molar-refractivity contribution in [3.63, 3.8) is 0 Å². The first-order valence-corrected chi connectivity index (χ1v) is 9.44. The van der Waals surface area contributed by atoms with Crippen LogP contribution in [0.1, 0.15) is 29.2 Å². The monoisotopic (exact) mass is 433 g/mol. The van der Waals surface area contributed by atoms with Crippen LogP contribution in [0, 0.1) is 12.7 Å². The fourth-order valence-electron chi connectivity index (χ4n) is 3.26. The molecule has 0 saturated heterocycles. The lowest BCUT2D eigenvalue weighted by Crippen LogP contribution is -2.36. The Morgan fingerprint density at radius 2 is 2.04 bits per heavy atom. The molecule has 0 fully saturated rings. The van der Waals surface area contributed by atoms with Gasteiger partial charge in [0.15, 0.2) is 0 Å². The van der Waals surface area contributed by atoms with E-state index >= 15 is 0 Å². The predicted molar refractivity (Wildman–Crippen MR) is 105 cm³/mol. The molecule has 1 aliphatic heterocycles. The van der Waals surface area contributed by atoms with Gasteiger partial charge in [-0.25, -0.2) is 4.39 Å². The molecule has 2 aromatic carbocycles. The standard InChI is InChI=1S/C21H21BrFNO3/c1-13-9-18(22)15(10-20(13)27-2)11-21(26)24-8-7-17(25)12-19(24)14-3-5-16(23)6-4-14/h3-10,17,19,25H,11-12H2,1-2H3. The number of hydrogen-bond acceptors (Lipinski definition) is 3. The van der Waals surface area contributed by atoms with Gasteiger partial charge in [-0.1, -0.05) is 28.1 Å². The van der Waals surface area contributed by atoms with Crippen molar-refractivity contribution in [2.45, 2.75) is 31.9 Å². The van der Waals surface area contributed by atoms with Gasteiger partial charge < -0.3 is 14.7 Å². The number of benzene rings is 2. The lowest BCUT2D eigenvalue weighted by molar-refractivity contribution is -0.130. The second kappa shape index (κ2) is 8.23. The molecule has 0 spiro atoms. The lowest BCUT2D eigenvalue weighted by Gasteiger charge is -2.34. The molecule has 0 aliphatic carbocycles. The number of aliphatic hydroxyl groups excluding tert-OH is 1. The van der Waals surface area contributed by atoms with Crippen LogP contribution in [0.25, 0.3) is 0 Å². The molecule has 2 aromatic rings. The van der Waals surface area contributed by atoms with Gasteiger partial charge in [-0.05, 0) is 54.0 Å². The van der Waals surface area contributed by atoms with E-state index in [4.69, 9.17) is 4.74 Å². The third kappa shape index (κ3) is 4.39. The fourth-order valence-corrected chi connectivity index (χ4v) is 3.86. The Kier molecular flexibility index (Phi) is 5.97. The third-order valence-electron chi connectivity index (χ3n) is 4.72. The van der Waals surface area contributed by atoms with Crippen LogP contribution in [0.2, 0.25) is 0 Å². The Bertz CT molecular complexity index is 866. The average molecular weight is 434 g/mol. The summed E-state index contributed by atoms with van der Waals surface area (Å²) in [7, 11) is 1.60. The largest absolute Gasteiger partial charge is 0.496 e. The van der Waals surface area contributed by atoms with Gasteiger partial charge in [0.1, 0.15) is 11.6 Å². The highest BCUT2D eigenvalue weighted by molar-refractivity contribution is 9.10. The molecule has 0 bridgehead atoms. The first-order valence-electron chi connectivity index (χ1n) is 8.65. The van der Waals surface area contributed by atoms with Crippen LogP contribution in [-0.2, 0) is 11.2 Å². The van der Waals surface area contributed by atoms with E-state index in [0.717, 1.165) is 26.9 Å². The Morgan fingerprint density at radius 1 is 1.33 bits per heavy atom. The van der Waals surface area contributed by atoms with Crippen LogP contribution < -0.4 is 4.74 Å². The van der Waals surface area contributed by atoms with Crippen LogP contribution in [0.4, 0.5) is 4.39 Å². The molecule has 4 nitrogen and oxygen atoms in total. The quantitative estimate of drug-likeness (QED) is 0.781. The highest BCUT2D eigenvalue weighted by atomic mass is 79.9. The molecular weight excluding hydrogens is 413 g/mol. The zero-order valence-corrected chi connectivity index (χ0v) is 16.7. The molecule has 2 unspecified atom stereocenters. The van der Waals surface area contributed by atoms with Gasteiger partial charge in [0, 0.05) is 17.1 Å². The smallest absolute Gasteiger partial charge is 0.231 e. The van der Waals surface area contributed by atoms with E-state index < -0.39 is 6.10 Å². The second-order valence-corrected chi connectivity index (χ2v) is 7.46. The number of aliphatic hydroxyl groups is 1. The third-order valence-corrected chi connectivity index (χ3v) is 5.46. The van der Waals surface area contributed by atoms with E-state index in [2.05, 4.69) is 15.9 Å². The number of hydrogen-bond donors (Lipinski definition) is 1. The lowest BCUT2D eigenvalue weighted by atomic mass is 9.95. The van der Waals surface area contributed by atoms with Gasteiger partial charge >= 0.3 is 0 Å². The van der Waals surface area contributed by atoms with Gasteiger partial charge in [0.25, 0.3) is 0 Å². The van der Waals surface area contributed by atoms with Crippen molar-refractivity contribution in [1.29, 1.82) is 0 Å². The molecule has 3 rings (SSSR count). The number of ether oxygens (including phenoxy) is 1. The summed E-state index contributed by atoms with van der Waals surface area (Å²) in [5.41, 5.74) is 2.58. The first kappa shape index (κ1) is 19.6. The minimum atomic E-state index is -0.643. The fraction of sp³-hybridized carbons (Fsp3) is 0.286. The molecule has 6 heteroatoms. The van der Waals surface area contributed by atoms with Crippen LogP contribution >= 0.6 is 15.9 Å². The normalized spacial score (nSPS) is 19.2. The van der Waals surface area contributed by atoms with Crippen LogP contribution in [-0.4, -0.2) is 29.1 Å². The summed E-state index contributed by atoms with van der Waals surface area (Å²) in [6.45, 7) is 1.94. The maximum Gasteiger partial charge on any atom is 0.231 e. The number of halogens is 2. The summed E-state index contributed by atoms with van der Waals surface area (Å²) in [6.07, 6.45) is 3.11. The number of carbonyl (C=O) groups is 1. The number of methoxy groups -OCH3 is 1. The Morgan fingerprint density at radius 3 is 2.70 bits per heavy atom. The van der Waals surface area contributed by atoms with Crippen molar-refractivity contribution < 1.29 is 19.0 Å². The Hall–Kier alpha value is -2.18. The maximum absolute atomic E-state index is 13.3. The maximum atomic E-state index is 13.3. The van der Waals surface area contributed by atoms with E-state index in [1.165, 1.54) is 12.1 Å². The zero-order chi connectivity index (χ0) is 19.6. The van der Waals surface area contributed by atoms with Crippen molar-refractivity contribution in [1.82, 2.24) is 4.90 Å². The van der Waals surface area contributed by atoms with E-state index in [1.807, 2.05) is 19.1 Å². The first-order chi connectivity index (χ1) is 12.9. The molecule has 2 atom stereocenters. The highest BCUT2D eigenvalue weighted by Crippen LogP contribution is 2.32. The predicted octanol–water partition coefficient (Wildman–Crippen LogP) is 4.30. The summed E-state index contributed by atoms with van der Waals surface area (Å²) in [5, 5.41) is 10.0. The number of aryl methyl sites for hydroxylation is 1. The number of rotatable bonds is 4. The molecular formula is C21H21BrFNO3. The minimum Gasteiger partial charge on any atom is -0.496 e. The van der Waals surface area contributed by atoms with Crippen LogP contribution in [0.5, 0.6) is 5.75 Å². The molecule has 0 radical (unpaired) electrons. The van der Waals surface area contributed by atoms with Crippen molar-refractivity contribution in [3.8, 4) is 5.75 Å². The molecule has 1 heterocycles. The van der Waals surface area contributed by atoms with Gasteiger partial charge in [0.05, 0.1) is 25.7 Å². The zero-order valence-electron chi connectivity index (χ0n) is 15.2. The SMILES string of the molecule is COc1cc(CC(=O)N2C=CC(O)CC2c2ccc(F)cc2)c(Br)cc1C. The van der Waals surface area contributed by atoms with Crippen molar-refractivity contribution in [2.75, 3.05) is 7.11 Å². The van der Waals surface area contributed by atoms with E-state index in [1.54, 1.807) is 36.4 Å². The Balaban J connectivity index is 1.87. The van der Waals surface area contributed by atoms with Gasteiger partial charge in [0.2, 0.25) is 5.91 Å². The van der Waals surface area contributed by atoms with E-state index in [0.29, 0.717) is 6.42 Å². The molecule has 142 valence electrons. The van der Waals surface area contributed by atoms with Crippen molar-refractivity contribution in [2.24, 2.45) is 0 Å². The molecule has 0 saturated carbocycles.